The van der Waals surface area contributed by atoms with Crippen molar-refractivity contribution in [3.05, 3.63) is 47.5 Å². The van der Waals surface area contributed by atoms with Gasteiger partial charge in [-0.1, -0.05) is 32.0 Å². The van der Waals surface area contributed by atoms with Gasteiger partial charge in [-0.3, -0.25) is 9.52 Å². The number of carbonyl (C=O) groups excluding carboxylic acids is 1. The second-order valence-electron chi connectivity index (χ2n) is 6.43. The Hall–Kier alpha value is -1.99. The van der Waals surface area contributed by atoms with Crippen molar-refractivity contribution in [3.63, 3.8) is 0 Å². The monoisotopic (exact) mass is 390 g/mol. The third-order valence-corrected chi connectivity index (χ3v) is 7.11. The average molecular weight is 391 g/mol. The van der Waals surface area contributed by atoms with E-state index in [4.69, 9.17) is 0 Å². The second-order valence-corrected chi connectivity index (χ2v) is 9.17. The molecule has 2 N–H and O–H groups in total. The van der Waals surface area contributed by atoms with Crippen LogP contribution in [0.15, 0.2) is 46.2 Å². The molecule has 1 amide bonds. The number of hydrogen-bond donors (Lipinski definition) is 2. The summed E-state index contributed by atoms with van der Waals surface area (Å²) in [5.41, 5.74) is 2.99. The molecule has 0 radical (unpaired) electrons. The summed E-state index contributed by atoms with van der Waals surface area (Å²) in [6.45, 7) is 5.73. The van der Waals surface area contributed by atoms with Gasteiger partial charge in [-0.2, -0.15) is 0 Å². The first-order valence-corrected chi connectivity index (χ1v) is 11.0. The van der Waals surface area contributed by atoms with Gasteiger partial charge >= 0.3 is 0 Å². The summed E-state index contributed by atoms with van der Waals surface area (Å²) in [7, 11) is -3.76. The molecule has 5 nitrogen and oxygen atoms in total. The van der Waals surface area contributed by atoms with Crippen LogP contribution >= 0.6 is 11.8 Å². The van der Waals surface area contributed by atoms with E-state index in [0.717, 1.165) is 22.4 Å². The van der Waals surface area contributed by atoms with Crippen LogP contribution in [0.1, 0.15) is 25.0 Å². The van der Waals surface area contributed by atoms with E-state index in [9.17, 15) is 13.2 Å². The molecule has 0 unspecified atom stereocenters. The summed E-state index contributed by atoms with van der Waals surface area (Å²) in [6, 6.07) is 10.6. The maximum Gasteiger partial charge on any atom is 0.261 e. The predicted octanol–water partition coefficient (Wildman–Crippen LogP) is 4.04. The Morgan fingerprint density at radius 2 is 2.04 bits per heavy atom. The third kappa shape index (κ3) is 3.73. The van der Waals surface area contributed by atoms with Crippen LogP contribution in [0.2, 0.25) is 0 Å². The number of aryl methyl sites for hydroxylation is 2. The number of rotatable bonds is 4. The Balaban J connectivity index is 1.97. The SMILES string of the molecule is CCc1cccc(C)c1NS(=O)(=O)c1ccc2c(c1)NC(=O)[C@H](C)CS2. The van der Waals surface area contributed by atoms with Crippen molar-refractivity contribution >= 4 is 39.1 Å². The predicted molar refractivity (Wildman–Crippen MR) is 106 cm³/mol. The number of anilines is 2. The molecule has 0 aromatic heterocycles. The molecule has 0 fully saturated rings. The molecule has 1 aliphatic heterocycles. The zero-order chi connectivity index (χ0) is 18.9. The largest absolute Gasteiger partial charge is 0.325 e. The molecule has 138 valence electrons. The smallest absolute Gasteiger partial charge is 0.261 e. The third-order valence-electron chi connectivity index (χ3n) is 4.43. The van der Waals surface area contributed by atoms with E-state index >= 15 is 0 Å². The summed E-state index contributed by atoms with van der Waals surface area (Å²) in [5.74, 6) is 0.460. The second kappa shape index (κ2) is 7.32. The quantitative estimate of drug-likeness (QED) is 0.826. The molecule has 2 aromatic carbocycles. The molecule has 26 heavy (non-hydrogen) atoms. The maximum absolute atomic E-state index is 12.9. The highest BCUT2D eigenvalue weighted by Gasteiger charge is 2.23. The average Bonchev–Trinajstić information content (AvgIpc) is 2.75. The first-order chi connectivity index (χ1) is 12.3. The zero-order valence-corrected chi connectivity index (χ0v) is 16.6. The normalized spacial score (nSPS) is 17.2. The Bertz CT molecular complexity index is 955. The van der Waals surface area contributed by atoms with E-state index in [1.54, 1.807) is 23.9 Å². The number of sulfonamides is 1. The number of nitrogens with one attached hydrogen (secondary N) is 2. The molecule has 0 aliphatic carbocycles. The lowest BCUT2D eigenvalue weighted by molar-refractivity contribution is -0.118. The Labute approximate surface area is 158 Å². The van der Waals surface area contributed by atoms with Gasteiger partial charge in [0, 0.05) is 16.6 Å². The molecule has 2 aromatic rings. The lowest BCUT2D eigenvalue weighted by atomic mass is 10.1. The van der Waals surface area contributed by atoms with E-state index in [2.05, 4.69) is 10.0 Å². The van der Waals surface area contributed by atoms with Crippen molar-refractivity contribution in [2.24, 2.45) is 5.92 Å². The van der Waals surface area contributed by atoms with Crippen LogP contribution in [0.3, 0.4) is 0 Å². The van der Waals surface area contributed by atoms with Crippen LogP contribution in [-0.4, -0.2) is 20.1 Å². The maximum atomic E-state index is 12.9. The summed E-state index contributed by atoms with van der Waals surface area (Å²) in [4.78, 5) is 13.1. The lowest BCUT2D eigenvalue weighted by Crippen LogP contribution is -2.20. The zero-order valence-electron chi connectivity index (χ0n) is 15.0. The van der Waals surface area contributed by atoms with E-state index < -0.39 is 10.0 Å². The summed E-state index contributed by atoms with van der Waals surface area (Å²) < 4.78 is 28.5. The van der Waals surface area contributed by atoms with Crippen molar-refractivity contribution in [3.8, 4) is 0 Å². The van der Waals surface area contributed by atoms with Crippen molar-refractivity contribution in [2.45, 2.75) is 37.0 Å². The van der Waals surface area contributed by atoms with Crippen molar-refractivity contribution in [1.29, 1.82) is 0 Å². The van der Waals surface area contributed by atoms with Crippen LogP contribution in [0.25, 0.3) is 0 Å². The van der Waals surface area contributed by atoms with Crippen LogP contribution in [0, 0.1) is 12.8 Å². The van der Waals surface area contributed by atoms with Crippen LogP contribution in [-0.2, 0) is 21.2 Å². The standard InChI is InChI=1S/C19H22N2O3S2/c1-4-14-7-5-6-12(2)18(14)21-26(23,24)15-8-9-17-16(10-15)20-19(22)13(3)11-25-17/h5-10,13,21H,4,11H2,1-3H3,(H,20,22)/t13-/m1/s1. The molecule has 0 saturated carbocycles. The van der Waals surface area contributed by atoms with Crippen molar-refractivity contribution in [1.82, 2.24) is 0 Å². The van der Waals surface area contributed by atoms with Gasteiger partial charge in [0.25, 0.3) is 10.0 Å². The number of carbonyl (C=O) groups is 1. The minimum absolute atomic E-state index is 0.0917. The molecular formula is C19H22N2O3S2. The van der Waals surface area contributed by atoms with E-state index in [0.29, 0.717) is 17.1 Å². The van der Waals surface area contributed by atoms with E-state index in [1.165, 1.54) is 6.07 Å². The molecule has 0 bridgehead atoms. The summed E-state index contributed by atoms with van der Waals surface area (Å²) in [6.07, 6.45) is 0.730. The molecule has 1 aliphatic rings. The Morgan fingerprint density at radius 1 is 1.27 bits per heavy atom. The Kier molecular flexibility index (Phi) is 5.29. The van der Waals surface area contributed by atoms with Crippen LogP contribution < -0.4 is 10.0 Å². The molecule has 0 spiro atoms. The number of fused-ring (bicyclic) bond motifs is 1. The number of thioether (sulfide) groups is 1. The first-order valence-electron chi connectivity index (χ1n) is 8.51. The van der Waals surface area contributed by atoms with Gasteiger partial charge in [0.2, 0.25) is 5.91 Å². The van der Waals surface area contributed by atoms with Gasteiger partial charge in [-0.05, 0) is 42.7 Å². The fourth-order valence-electron chi connectivity index (χ4n) is 2.81. The number of para-hydroxylation sites is 1. The number of benzene rings is 2. The van der Waals surface area contributed by atoms with Crippen molar-refractivity contribution in [2.75, 3.05) is 15.8 Å². The van der Waals surface area contributed by atoms with E-state index in [-0.39, 0.29) is 16.7 Å². The molecule has 1 atom stereocenters. The van der Waals surface area contributed by atoms with Gasteiger partial charge in [0.1, 0.15) is 0 Å². The minimum atomic E-state index is -3.76. The van der Waals surface area contributed by atoms with Crippen LogP contribution in [0.5, 0.6) is 0 Å². The molecule has 0 saturated heterocycles. The van der Waals surface area contributed by atoms with E-state index in [1.807, 2.05) is 39.0 Å². The topological polar surface area (TPSA) is 75.3 Å². The van der Waals surface area contributed by atoms with Gasteiger partial charge in [-0.15, -0.1) is 11.8 Å². The fourth-order valence-corrected chi connectivity index (χ4v) is 5.02. The van der Waals surface area contributed by atoms with Gasteiger partial charge in [-0.25, -0.2) is 8.42 Å². The highest BCUT2D eigenvalue weighted by molar-refractivity contribution is 7.99. The summed E-state index contributed by atoms with van der Waals surface area (Å²) >= 11 is 1.55. The molecule has 1 heterocycles. The first kappa shape index (κ1) is 18.8. The van der Waals surface area contributed by atoms with Crippen molar-refractivity contribution < 1.29 is 13.2 Å². The lowest BCUT2D eigenvalue weighted by Gasteiger charge is -2.15. The Morgan fingerprint density at radius 3 is 2.77 bits per heavy atom. The van der Waals surface area contributed by atoms with Gasteiger partial charge < -0.3 is 5.32 Å². The highest BCUT2D eigenvalue weighted by Crippen LogP contribution is 2.34. The number of amides is 1. The fraction of sp³-hybridized carbons (Fsp3) is 0.316. The van der Waals surface area contributed by atoms with Gasteiger partial charge in [0.05, 0.1) is 16.3 Å². The molecule has 7 heteroatoms. The molecular weight excluding hydrogens is 368 g/mol. The van der Waals surface area contributed by atoms with Crippen LogP contribution in [0.4, 0.5) is 11.4 Å². The molecule has 3 rings (SSSR count). The minimum Gasteiger partial charge on any atom is -0.325 e. The van der Waals surface area contributed by atoms with Gasteiger partial charge in [0.15, 0.2) is 0 Å². The highest BCUT2D eigenvalue weighted by atomic mass is 32.2. The summed E-state index contributed by atoms with van der Waals surface area (Å²) in [5, 5.41) is 2.83. The number of hydrogen-bond acceptors (Lipinski definition) is 4.